The molecule has 0 heterocycles. The van der Waals surface area contributed by atoms with E-state index in [0.29, 0.717) is 11.3 Å². The lowest BCUT2D eigenvalue weighted by Gasteiger charge is -2.29. The molecule has 0 unspecified atom stereocenters. The number of hydrogen-bond donors (Lipinski definition) is 1. The van der Waals surface area contributed by atoms with E-state index in [1.807, 2.05) is 0 Å². The second kappa shape index (κ2) is 8.29. The standard InChI is InChI=1S/C21H22F2N2O2/c1-14(26)24-16-11-9-15(10-12-16)21(27)25(17-5-2-3-6-17)13-18-19(22)7-4-8-20(18)23/h4,7-12,17H,2-3,5-6,13H2,1H3,(H,24,26). The van der Waals surface area contributed by atoms with Gasteiger partial charge in [0.25, 0.3) is 5.91 Å². The summed E-state index contributed by atoms with van der Waals surface area (Å²) in [7, 11) is 0. The Kier molecular flexibility index (Phi) is 5.84. The summed E-state index contributed by atoms with van der Waals surface area (Å²) in [5.74, 6) is -1.76. The Bertz CT molecular complexity index is 810. The predicted molar refractivity (Wildman–Crippen MR) is 99.2 cm³/mol. The van der Waals surface area contributed by atoms with Gasteiger partial charge in [-0.1, -0.05) is 18.9 Å². The summed E-state index contributed by atoms with van der Waals surface area (Å²) in [4.78, 5) is 25.8. The molecule has 142 valence electrons. The molecule has 0 aromatic heterocycles. The highest BCUT2D eigenvalue weighted by atomic mass is 19.1. The molecule has 2 aromatic carbocycles. The topological polar surface area (TPSA) is 49.4 Å². The SMILES string of the molecule is CC(=O)Nc1ccc(C(=O)N(Cc2c(F)cccc2F)C2CCCC2)cc1. The number of carbonyl (C=O) groups is 2. The summed E-state index contributed by atoms with van der Waals surface area (Å²) < 4.78 is 28.2. The molecule has 0 spiro atoms. The number of amides is 2. The number of rotatable bonds is 5. The monoisotopic (exact) mass is 372 g/mol. The van der Waals surface area contributed by atoms with Crippen molar-refractivity contribution in [2.45, 2.75) is 45.2 Å². The van der Waals surface area contributed by atoms with E-state index in [9.17, 15) is 18.4 Å². The third kappa shape index (κ3) is 4.51. The van der Waals surface area contributed by atoms with Crippen LogP contribution in [0.3, 0.4) is 0 Å². The Hall–Kier alpha value is -2.76. The molecular formula is C21H22F2N2O2. The molecule has 0 aliphatic heterocycles. The van der Waals surface area contributed by atoms with E-state index in [1.165, 1.54) is 25.1 Å². The van der Waals surface area contributed by atoms with Gasteiger partial charge in [0.05, 0.1) is 6.54 Å². The van der Waals surface area contributed by atoms with E-state index in [1.54, 1.807) is 29.2 Å². The molecule has 0 radical (unpaired) electrons. The van der Waals surface area contributed by atoms with Crippen LogP contribution in [0.2, 0.25) is 0 Å². The zero-order valence-corrected chi connectivity index (χ0v) is 15.2. The van der Waals surface area contributed by atoms with Crippen molar-refractivity contribution in [2.75, 3.05) is 5.32 Å². The van der Waals surface area contributed by atoms with Gasteiger partial charge in [0, 0.05) is 29.8 Å². The second-order valence-electron chi connectivity index (χ2n) is 6.83. The van der Waals surface area contributed by atoms with Gasteiger partial charge in [0.1, 0.15) is 11.6 Å². The maximum absolute atomic E-state index is 14.1. The molecule has 6 heteroatoms. The van der Waals surface area contributed by atoms with Crippen molar-refractivity contribution in [3.8, 4) is 0 Å². The molecule has 0 atom stereocenters. The van der Waals surface area contributed by atoms with Crippen LogP contribution in [-0.2, 0) is 11.3 Å². The highest BCUT2D eigenvalue weighted by molar-refractivity contribution is 5.95. The maximum Gasteiger partial charge on any atom is 0.254 e. The Morgan fingerprint density at radius 2 is 1.63 bits per heavy atom. The average molecular weight is 372 g/mol. The molecule has 1 aliphatic rings. The summed E-state index contributed by atoms with van der Waals surface area (Å²) in [6, 6.07) is 10.2. The highest BCUT2D eigenvalue weighted by Crippen LogP contribution is 2.28. The molecule has 1 N–H and O–H groups in total. The van der Waals surface area contributed by atoms with Crippen LogP contribution in [0.5, 0.6) is 0 Å². The van der Waals surface area contributed by atoms with Gasteiger partial charge in [0.2, 0.25) is 5.91 Å². The van der Waals surface area contributed by atoms with Gasteiger partial charge in [0.15, 0.2) is 0 Å². The van der Waals surface area contributed by atoms with Crippen LogP contribution >= 0.6 is 0 Å². The molecular weight excluding hydrogens is 350 g/mol. The van der Waals surface area contributed by atoms with Crippen LogP contribution in [0.4, 0.5) is 14.5 Å². The first-order chi connectivity index (χ1) is 13.0. The third-order valence-corrected chi connectivity index (χ3v) is 4.87. The fourth-order valence-electron chi connectivity index (χ4n) is 3.50. The summed E-state index contributed by atoms with van der Waals surface area (Å²) in [5, 5.41) is 2.65. The molecule has 3 rings (SSSR count). The number of nitrogens with one attached hydrogen (secondary N) is 1. The minimum absolute atomic E-state index is 0.0356. The second-order valence-corrected chi connectivity index (χ2v) is 6.83. The van der Waals surface area contributed by atoms with E-state index in [4.69, 9.17) is 0 Å². The van der Waals surface area contributed by atoms with Gasteiger partial charge < -0.3 is 10.2 Å². The Labute approximate surface area is 157 Å². The lowest BCUT2D eigenvalue weighted by molar-refractivity contribution is -0.114. The lowest BCUT2D eigenvalue weighted by Crippen LogP contribution is -2.38. The lowest BCUT2D eigenvalue weighted by atomic mass is 10.1. The van der Waals surface area contributed by atoms with Gasteiger partial charge in [-0.25, -0.2) is 8.78 Å². The van der Waals surface area contributed by atoms with Crippen molar-refractivity contribution in [2.24, 2.45) is 0 Å². The van der Waals surface area contributed by atoms with Crippen LogP contribution in [-0.4, -0.2) is 22.8 Å². The van der Waals surface area contributed by atoms with E-state index in [0.717, 1.165) is 25.7 Å². The van der Waals surface area contributed by atoms with E-state index in [-0.39, 0.29) is 30.0 Å². The maximum atomic E-state index is 14.1. The minimum Gasteiger partial charge on any atom is -0.331 e. The van der Waals surface area contributed by atoms with Crippen molar-refractivity contribution in [1.29, 1.82) is 0 Å². The van der Waals surface area contributed by atoms with E-state index in [2.05, 4.69) is 5.32 Å². The Balaban J connectivity index is 1.86. The summed E-state index contributed by atoms with van der Waals surface area (Å²) >= 11 is 0. The normalized spacial score (nSPS) is 14.2. The van der Waals surface area contributed by atoms with Crippen molar-refractivity contribution >= 4 is 17.5 Å². The van der Waals surface area contributed by atoms with E-state index < -0.39 is 11.6 Å². The molecule has 1 saturated carbocycles. The summed E-state index contributed by atoms with van der Waals surface area (Å²) in [6.45, 7) is 1.30. The smallest absolute Gasteiger partial charge is 0.254 e. The number of carbonyl (C=O) groups excluding carboxylic acids is 2. The molecule has 1 fully saturated rings. The van der Waals surface area contributed by atoms with Crippen LogP contribution in [0.25, 0.3) is 0 Å². The molecule has 27 heavy (non-hydrogen) atoms. The van der Waals surface area contributed by atoms with Crippen molar-refractivity contribution in [1.82, 2.24) is 4.90 Å². The Morgan fingerprint density at radius 3 is 2.19 bits per heavy atom. The van der Waals surface area contributed by atoms with Crippen molar-refractivity contribution in [3.63, 3.8) is 0 Å². The molecule has 0 saturated heterocycles. The fraction of sp³-hybridized carbons (Fsp3) is 0.333. The summed E-state index contributed by atoms with van der Waals surface area (Å²) in [6.07, 6.45) is 3.64. The minimum atomic E-state index is -0.646. The molecule has 1 aliphatic carbocycles. The van der Waals surface area contributed by atoms with Gasteiger partial charge in [-0.15, -0.1) is 0 Å². The number of anilines is 1. The van der Waals surface area contributed by atoms with Crippen LogP contribution in [0.1, 0.15) is 48.5 Å². The first-order valence-corrected chi connectivity index (χ1v) is 9.07. The van der Waals surface area contributed by atoms with Gasteiger partial charge >= 0.3 is 0 Å². The number of benzene rings is 2. The predicted octanol–water partition coefficient (Wildman–Crippen LogP) is 4.51. The number of nitrogens with zero attached hydrogens (tertiary/aromatic N) is 1. The zero-order chi connectivity index (χ0) is 19.4. The third-order valence-electron chi connectivity index (χ3n) is 4.87. The van der Waals surface area contributed by atoms with Gasteiger partial charge in [-0.3, -0.25) is 9.59 Å². The van der Waals surface area contributed by atoms with Crippen molar-refractivity contribution in [3.05, 3.63) is 65.2 Å². The zero-order valence-electron chi connectivity index (χ0n) is 15.2. The molecule has 4 nitrogen and oxygen atoms in total. The number of halogens is 2. The van der Waals surface area contributed by atoms with Crippen molar-refractivity contribution < 1.29 is 18.4 Å². The van der Waals surface area contributed by atoms with Crippen LogP contribution in [0.15, 0.2) is 42.5 Å². The van der Waals surface area contributed by atoms with Crippen LogP contribution in [0, 0.1) is 11.6 Å². The fourth-order valence-corrected chi connectivity index (χ4v) is 3.50. The van der Waals surface area contributed by atoms with Crippen LogP contribution < -0.4 is 5.32 Å². The highest BCUT2D eigenvalue weighted by Gasteiger charge is 2.29. The summed E-state index contributed by atoms with van der Waals surface area (Å²) in [5.41, 5.74) is 0.923. The van der Waals surface area contributed by atoms with Gasteiger partial charge in [-0.2, -0.15) is 0 Å². The quantitative estimate of drug-likeness (QED) is 0.840. The van der Waals surface area contributed by atoms with Gasteiger partial charge in [-0.05, 0) is 49.2 Å². The van der Waals surface area contributed by atoms with E-state index >= 15 is 0 Å². The number of hydrogen-bond acceptors (Lipinski definition) is 2. The first-order valence-electron chi connectivity index (χ1n) is 9.07. The Morgan fingerprint density at radius 1 is 1.04 bits per heavy atom. The average Bonchev–Trinajstić information content (AvgIpc) is 3.15. The molecule has 2 amide bonds. The molecule has 0 bridgehead atoms. The molecule has 2 aromatic rings. The largest absolute Gasteiger partial charge is 0.331 e. The first kappa shape index (κ1) is 19.0.